The Morgan fingerprint density at radius 2 is 1.87 bits per heavy atom. The fourth-order valence-corrected chi connectivity index (χ4v) is 4.99. The largest absolute Gasteiger partial charge is 0.380 e. The molecule has 2 fully saturated rings. The summed E-state index contributed by atoms with van der Waals surface area (Å²) in [5.74, 6) is 2.21. The first-order valence-corrected chi connectivity index (χ1v) is 11.4. The van der Waals surface area contributed by atoms with Gasteiger partial charge in [-0.1, -0.05) is 30.3 Å². The average molecular weight is 407 g/mol. The molecule has 3 heterocycles. The molecule has 0 saturated carbocycles. The van der Waals surface area contributed by atoms with Gasteiger partial charge in [0.05, 0.1) is 12.5 Å². The monoisotopic (exact) mass is 406 g/mol. The molecule has 0 bridgehead atoms. The van der Waals surface area contributed by atoms with E-state index in [1.807, 2.05) is 23.1 Å². The highest BCUT2D eigenvalue weighted by Gasteiger charge is 2.32. The number of aromatic nitrogens is 2. The molecule has 1 amide bonds. The molecule has 2 saturated heterocycles. The normalized spacial score (nSPS) is 21.9. The maximum Gasteiger partial charge on any atom is 0.227 e. The summed E-state index contributed by atoms with van der Waals surface area (Å²) in [6.45, 7) is 4.67. The van der Waals surface area contributed by atoms with Gasteiger partial charge < -0.3 is 14.5 Å². The quantitative estimate of drug-likeness (QED) is 0.784. The van der Waals surface area contributed by atoms with Crippen molar-refractivity contribution < 1.29 is 9.53 Å². The van der Waals surface area contributed by atoms with Crippen LogP contribution in [0.5, 0.6) is 0 Å². The van der Waals surface area contributed by atoms with Crippen LogP contribution in [0.2, 0.25) is 0 Å². The first kappa shape index (κ1) is 19.5. The van der Waals surface area contributed by atoms with Crippen molar-refractivity contribution in [3.8, 4) is 11.4 Å². The number of benzene rings is 1. The summed E-state index contributed by atoms with van der Waals surface area (Å²) in [7, 11) is 0. The van der Waals surface area contributed by atoms with E-state index >= 15 is 0 Å². The van der Waals surface area contributed by atoms with E-state index in [1.54, 1.807) is 0 Å². The number of nitrogens with zero attached hydrogens (tertiary/aromatic N) is 4. The Morgan fingerprint density at radius 3 is 2.77 bits per heavy atom. The molecule has 158 valence electrons. The molecule has 1 atom stereocenters. The van der Waals surface area contributed by atoms with Gasteiger partial charge in [-0.2, -0.15) is 0 Å². The van der Waals surface area contributed by atoms with Crippen LogP contribution in [0, 0.1) is 5.92 Å². The first-order valence-electron chi connectivity index (χ1n) is 11.4. The van der Waals surface area contributed by atoms with E-state index in [9.17, 15) is 4.79 Å². The van der Waals surface area contributed by atoms with Crippen molar-refractivity contribution in [1.82, 2.24) is 14.9 Å². The van der Waals surface area contributed by atoms with Gasteiger partial charge in [-0.15, -0.1) is 0 Å². The molecule has 2 aromatic rings. The van der Waals surface area contributed by atoms with Gasteiger partial charge in [0.15, 0.2) is 5.82 Å². The van der Waals surface area contributed by atoms with E-state index in [0.29, 0.717) is 12.5 Å². The topological polar surface area (TPSA) is 58.6 Å². The van der Waals surface area contributed by atoms with Crippen molar-refractivity contribution in [2.75, 3.05) is 44.3 Å². The molecule has 0 spiro atoms. The summed E-state index contributed by atoms with van der Waals surface area (Å²) < 4.78 is 5.54. The summed E-state index contributed by atoms with van der Waals surface area (Å²) in [4.78, 5) is 27.5. The minimum atomic E-state index is 0.0454. The number of rotatable bonds is 3. The number of carbonyl (C=O) groups is 1. The van der Waals surface area contributed by atoms with Crippen molar-refractivity contribution >= 4 is 11.7 Å². The molecule has 6 nitrogen and oxygen atoms in total. The molecule has 3 aliphatic rings. The number of anilines is 1. The van der Waals surface area contributed by atoms with Gasteiger partial charge in [-0.05, 0) is 38.5 Å². The Morgan fingerprint density at radius 1 is 0.967 bits per heavy atom. The minimum Gasteiger partial charge on any atom is -0.380 e. The zero-order chi connectivity index (χ0) is 20.3. The van der Waals surface area contributed by atoms with E-state index in [1.165, 1.54) is 11.3 Å². The average Bonchev–Trinajstić information content (AvgIpc) is 3.11. The zero-order valence-corrected chi connectivity index (χ0v) is 17.6. The maximum absolute atomic E-state index is 13.2. The van der Waals surface area contributed by atoms with Crippen molar-refractivity contribution in [2.24, 2.45) is 5.92 Å². The molecule has 1 aliphatic carbocycles. The Labute approximate surface area is 178 Å². The van der Waals surface area contributed by atoms with E-state index in [4.69, 9.17) is 14.7 Å². The SMILES string of the molecule is O=C(C1CCCN(c2nc(-c3ccccc3)nc3c2CCC3)C1)N1CCCOCC1. The summed E-state index contributed by atoms with van der Waals surface area (Å²) in [6, 6.07) is 10.2. The molecule has 1 aromatic carbocycles. The lowest BCUT2D eigenvalue weighted by Gasteiger charge is -2.36. The Balaban J connectivity index is 1.41. The lowest BCUT2D eigenvalue weighted by Crippen LogP contribution is -2.46. The predicted molar refractivity (Wildman–Crippen MR) is 116 cm³/mol. The molecule has 1 aromatic heterocycles. The van der Waals surface area contributed by atoms with Crippen LogP contribution >= 0.6 is 0 Å². The summed E-state index contributed by atoms with van der Waals surface area (Å²) >= 11 is 0. The smallest absolute Gasteiger partial charge is 0.227 e. The number of ether oxygens (including phenoxy) is 1. The van der Waals surface area contributed by atoms with Crippen LogP contribution in [0.4, 0.5) is 5.82 Å². The van der Waals surface area contributed by atoms with Crippen LogP contribution in [0.15, 0.2) is 30.3 Å². The van der Waals surface area contributed by atoms with E-state index in [2.05, 4.69) is 17.0 Å². The third kappa shape index (κ3) is 3.93. The van der Waals surface area contributed by atoms with Crippen molar-refractivity contribution in [2.45, 2.75) is 38.5 Å². The zero-order valence-electron chi connectivity index (χ0n) is 17.6. The number of amides is 1. The highest BCUT2D eigenvalue weighted by molar-refractivity contribution is 5.80. The molecule has 5 rings (SSSR count). The van der Waals surface area contributed by atoms with Gasteiger partial charge in [0.2, 0.25) is 5.91 Å². The van der Waals surface area contributed by atoms with Crippen LogP contribution < -0.4 is 4.90 Å². The van der Waals surface area contributed by atoms with Crippen molar-refractivity contribution in [3.63, 3.8) is 0 Å². The summed E-state index contributed by atoms with van der Waals surface area (Å²) in [5.41, 5.74) is 3.55. The second-order valence-corrected chi connectivity index (χ2v) is 8.59. The third-order valence-electron chi connectivity index (χ3n) is 6.55. The molecular weight excluding hydrogens is 376 g/mol. The second kappa shape index (κ2) is 8.72. The molecule has 30 heavy (non-hydrogen) atoms. The van der Waals surface area contributed by atoms with E-state index in [0.717, 1.165) is 88.5 Å². The fourth-order valence-electron chi connectivity index (χ4n) is 4.99. The van der Waals surface area contributed by atoms with Crippen molar-refractivity contribution in [3.05, 3.63) is 41.6 Å². The van der Waals surface area contributed by atoms with E-state index in [-0.39, 0.29) is 5.92 Å². The summed E-state index contributed by atoms with van der Waals surface area (Å²) in [6.07, 6.45) is 6.12. The van der Waals surface area contributed by atoms with Crippen LogP contribution in [-0.4, -0.2) is 60.2 Å². The van der Waals surface area contributed by atoms with Gasteiger partial charge in [0.25, 0.3) is 0 Å². The van der Waals surface area contributed by atoms with Crippen LogP contribution in [0.25, 0.3) is 11.4 Å². The van der Waals surface area contributed by atoms with Crippen LogP contribution in [0.3, 0.4) is 0 Å². The second-order valence-electron chi connectivity index (χ2n) is 8.59. The van der Waals surface area contributed by atoms with E-state index < -0.39 is 0 Å². The third-order valence-corrected chi connectivity index (χ3v) is 6.55. The predicted octanol–water partition coefficient (Wildman–Crippen LogP) is 3.10. The van der Waals surface area contributed by atoms with Gasteiger partial charge >= 0.3 is 0 Å². The molecule has 0 radical (unpaired) electrons. The van der Waals surface area contributed by atoms with Crippen LogP contribution in [0.1, 0.15) is 36.9 Å². The fraction of sp³-hybridized carbons (Fsp3) is 0.542. The highest BCUT2D eigenvalue weighted by atomic mass is 16.5. The molecule has 0 N–H and O–H groups in total. The highest BCUT2D eigenvalue weighted by Crippen LogP contribution is 2.34. The standard InChI is InChI=1S/C24H30N4O2/c29-24(27-13-6-15-30-16-14-27)19-9-5-12-28(17-19)23-20-10-4-11-21(20)25-22(26-23)18-7-2-1-3-8-18/h1-3,7-8,19H,4-6,9-17H2. The van der Waals surface area contributed by atoms with Gasteiger partial charge in [0, 0.05) is 49.6 Å². The lowest BCUT2D eigenvalue weighted by molar-refractivity contribution is -0.135. The molecular formula is C24H30N4O2. The van der Waals surface area contributed by atoms with Gasteiger partial charge in [-0.3, -0.25) is 4.79 Å². The number of piperidine rings is 1. The number of hydrogen-bond acceptors (Lipinski definition) is 5. The number of fused-ring (bicyclic) bond motifs is 1. The Bertz CT molecular complexity index is 894. The van der Waals surface area contributed by atoms with Gasteiger partial charge in [-0.25, -0.2) is 9.97 Å². The first-order chi connectivity index (χ1) is 14.8. The molecule has 2 aliphatic heterocycles. The van der Waals surface area contributed by atoms with Gasteiger partial charge in [0.1, 0.15) is 5.82 Å². The molecule has 6 heteroatoms. The maximum atomic E-state index is 13.2. The Hall–Kier alpha value is -2.47. The summed E-state index contributed by atoms with van der Waals surface area (Å²) in [5, 5.41) is 0. The lowest BCUT2D eigenvalue weighted by atomic mass is 9.96. The number of hydrogen-bond donors (Lipinski definition) is 0. The number of aryl methyl sites for hydroxylation is 1. The Kier molecular flexibility index (Phi) is 5.67. The van der Waals surface area contributed by atoms with Crippen molar-refractivity contribution in [1.29, 1.82) is 0 Å². The molecule has 1 unspecified atom stereocenters. The minimum absolute atomic E-state index is 0.0454. The number of carbonyl (C=O) groups excluding carboxylic acids is 1. The van der Waals surface area contributed by atoms with Crippen LogP contribution in [-0.2, 0) is 22.4 Å².